The van der Waals surface area contributed by atoms with E-state index in [4.69, 9.17) is 4.74 Å². The second-order valence-corrected chi connectivity index (χ2v) is 7.96. The van der Waals surface area contributed by atoms with Crippen molar-refractivity contribution >= 4 is 33.6 Å². The Kier molecular flexibility index (Phi) is 5.99. The number of ether oxygens (including phenoxy) is 1. The van der Waals surface area contributed by atoms with E-state index < -0.39 is 0 Å². The van der Waals surface area contributed by atoms with Gasteiger partial charge in [0.25, 0.3) is 11.5 Å². The Bertz CT molecular complexity index is 943. The van der Waals surface area contributed by atoms with E-state index in [0.29, 0.717) is 65.8 Å². The Labute approximate surface area is 166 Å². The normalized spacial score (nSPS) is 14.8. The smallest absolute Gasteiger partial charge is 0.409 e. The van der Waals surface area contributed by atoms with E-state index in [0.717, 1.165) is 0 Å². The van der Waals surface area contributed by atoms with Crippen molar-refractivity contribution in [3.05, 3.63) is 26.6 Å². The van der Waals surface area contributed by atoms with Crippen LogP contribution in [0.2, 0.25) is 0 Å². The standard InChI is InChI=1S/C18H25N5O4S/c1-5-27-18(26)23-8-6-22(7-9-23)17(25)14-11(2)13-15(24)19-12(10-21(3)4)20-16(13)28-14/h5-10H2,1-4H3,(H,19,20,24). The first-order chi connectivity index (χ1) is 13.3. The first kappa shape index (κ1) is 20.3. The number of fused-ring (bicyclic) bond motifs is 1. The zero-order valence-electron chi connectivity index (χ0n) is 16.6. The van der Waals surface area contributed by atoms with Gasteiger partial charge in [0, 0.05) is 26.2 Å². The van der Waals surface area contributed by atoms with Gasteiger partial charge in [-0.3, -0.25) is 9.59 Å². The average Bonchev–Trinajstić information content (AvgIpc) is 2.97. The molecule has 1 aliphatic heterocycles. The third-order valence-corrected chi connectivity index (χ3v) is 5.78. The number of amides is 2. The average molecular weight is 407 g/mol. The molecule has 0 aliphatic carbocycles. The summed E-state index contributed by atoms with van der Waals surface area (Å²) < 4.78 is 5.01. The summed E-state index contributed by atoms with van der Waals surface area (Å²) in [6.07, 6.45) is -0.350. The van der Waals surface area contributed by atoms with Crippen LogP contribution in [0.25, 0.3) is 10.2 Å². The molecule has 10 heteroatoms. The minimum absolute atomic E-state index is 0.127. The second kappa shape index (κ2) is 8.27. The van der Waals surface area contributed by atoms with Crippen LogP contribution < -0.4 is 5.56 Å². The van der Waals surface area contributed by atoms with Gasteiger partial charge < -0.3 is 24.4 Å². The number of piperazine rings is 1. The highest BCUT2D eigenvalue weighted by Crippen LogP contribution is 2.28. The molecule has 0 unspecified atom stereocenters. The molecule has 0 radical (unpaired) electrons. The molecule has 3 heterocycles. The quantitative estimate of drug-likeness (QED) is 0.820. The van der Waals surface area contributed by atoms with Crippen LogP contribution in [-0.2, 0) is 11.3 Å². The maximum absolute atomic E-state index is 13.0. The monoisotopic (exact) mass is 407 g/mol. The van der Waals surface area contributed by atoms with Crippen molar-refractivity contribution in [2.24, 2.45) is 0 Å². The van der Waals surface area contributed by atoms with Crippen LogP contribution in [-0.4, -0.2) is 83.5 Å². The highest BCUT2D eigenvalue weighted by Gasteiger charge is 2.28. The SMILES string of the molecule is CCOC(=O)N1CCN(C(=O)c2sc3nc(CN(C)C)[nH]c(=O)c3c2C)CC1. The number of nitrogens with zero attached hydrogens (tertiary/aromatic N) is 4. The van der Waals surface area contributed by atoms with Gasteiger partial charge >= 0.3 is 6.09 Å². The number of aryl methyl sites for hydroxylation is 1. The van der Waals surface area contributed by atoms with Crippen molar-refractivity contribution in [2.75, 3.05) is 46.9 Å². The zero-order valence-corrected chi connectivity index (χ0v) is 17.4. The lowest BCUT2D eigenvalue weighted by Gasteiger charge is -2.33. The molecule has 0 bridgehead atoms. The minimum atomic E-state index is -0.350. The number of aromatic amines is 1. The lowest BCUT2D eigenvalue weighted by molar-refractivity contribution is 0.0574. The van der Waals surface area contributed by atoms with E-state index in [2.05, 4.69) is 9.97 Å². The number of rotatable bonds is 4. The van der Waals surface area contributed by atoms with Gasteiger partial charge in [-0.2, -0.15) is 0 Å². The van der Waals surface area contributed by atoms with E-state index >= 15 is 0 Å². The molecule has 3 rings (SSSR count). The van der Waals surface area contributed by atoms with E-state index in [-0.39, 0.29) is 17.6 Å². The van der Waals surface area contributed by atoms with Crippen molar-refractivity contribution in [1.82, 2.24) is 24.7 Å². The maximum Gasteiger partial charge on any atom is 0.409 e. The number of hydrogen-bond acceptors (Lipinski definition) is 7. The fourth-order valence-corrected chi connectivity index (χ4v) is 4.39. The molecule has 0 atom stereocenters. The number of thiophene rings is 1. The van der Waals surface area contributed by atoms with Crippen molar-refractivity contribution in [3.8, 4) is 0 Å². The van der Waals surface area contributed by atoms with Crippen LogP contribution in [0.3, 0.4) is 0 Å². The summed E-state index contributed by atoms with van der Waals surface area (Å²) in [6, 6.07) is 0. The Balaban J connectivity index is 1.81. The summed E-state index contributed by atoms with van der Waals surface area (Å²) in [4.78, 5) is 51.0. The second-order valence-electron chi connectivity index (χ2n) is 6.96. The van der Waals surface area contributed by atoms with Gasteiger partial charge in [-0.1, -0.05) is 0 Å². The van der Waals surface area contributed by atoms with Gasteiger partial charge in [-0.25, -0.2) is 9.78 Å². The van der Waals surface area contributed by atoms with Crippen LogP contribution in [0, 0.1) is 6.92 Å². The summed E-state index contributed by atoms with van der Waals surface area (Å²) in [7, 11) is 3.80. The molecule has 9 nitrogen and oxygen atoms in total. The van der Waals surface area contributed by atoms with Crippen LogP contribution in [0.4, 0.5) is 4.79 Å². The van der Waals surface area contributed by atoms with Crippen molar-refractivity contribution in [1.29, 1.82) is 0 Å². The maximum atomic E-state index is 13.0. The van der Waals surface area contributed by atoms with Crippen LogP contribution in [0.15, 0.2) is 4.79 Å². The molecule has 0 saturated carbocycles. The summed E-state index contributed by atoms with van der Waals surface area (Å²) >= 11 is 1.25. The van der Waals surface area contributed by atoms with E-state index in [1.807, 2.05) is 19.0 Å². The molecule has 2 amide bonds. The molecule has 28 heavy (non-hydrogen) atoms. The summed E-state index contributed by atoms with van der Waals surface area (Å²) in [5.41, 5.74) is 0.435. The van der Waals surface area contributed by atoms with Crippen molar-refractivity contribution in [3.63, 3.8) is 0 Å². The molecule has 1 aliphatic rings. The van der Waals surface area contributed by atoms with Crippen molar-refractivity contribution in [2.45, 2.75) is 20.4 Å². The molecule has 0 aromatic carbocycles. The molecule has 1 fully saturated rings. The first-order valence-electron chi connectivity index (χ1n) is 9.19. The molecular weight excluding hydrogens is 382 g/mol. The topological polar surface area (TPSA) is 98.8 Å². The molecule has 2 aromatic heterocycles. The van der Waals surface area contributed by atoms with Gasteiger partial charge in [0.15, 0.2) is 0 Å². The Morgan fingerprint density at radius 1 is 1.21 bits per heavy atom. The van der Waals surface area contributed by atoms with Gasteiger partial charge in [0.05, 0.1) is 23.4 Å². The predicted molar refractivity (Wildman–Crippen MR) is 107 cm³/mol. The van der Waals surface area contributed by atoms with E-state index in [1.54, 1.807) is 23.6 Å². The lowest BCUT2D eigenvalue weighted by atomic mass is 10.2. The Morgan fingerprint density at radius 3 is 2.46 bits per heavy atom. The molecule has 1 N–H and O–H groups in total. The number of hydrogen-bond donors (Lipinski definition) is 1. The molecule has 152 valence electrons. The van der Waals surface area contributed by atoms with Gasteiger partial charge in [0.2, 0.25) is 0 Å². The fraction of sp³-hybridized carbons (Fsp3) is 0.556. The highest BCUT2D eigenvalue weighted by molar-refractivity contribution is 7.20. The van der Waals surface area contributed by atoms with Crippen molar-refractivity contribution < 1.29 is 14.3 Å². The minimum Gasteiger partial charge on any atom is -0.450 e. The molecule has 1 saturated heterocycles. The van der Waals surface area contributed by atoms with E-state index in [9.17, 15) is 14.4 Å². The Hall–Kier alpha value is -2.46. The molecule has 2 aromatic rings. The summed E-state index contributed by atoms with van der Waals surface area (Å²) in [5.74, 6) is 0.448. The summed E-state index contributed by atoms with van der Waals surface area (Å²) in [6.45, 7) is 6.12. The third-order valence-electron chi connectivity index (χ3n) is 4.60. The van der Waals surface area contributed by atoms with Gasteiger partial charge in [-0.05, 0) is 33.5 Å². The fourth-order valence-electron chi connectivity index (χ4n) is 3.22. The number of H-pyrrole nitrogens is 1. The van der Waals surface area contributed by atoms with Gasteiger partial charge in [0.1, 0.15) is 10.7 Å². The zero-order chi connectivity index (χ0) is 20.4. The largest absolute Gasteiger partial charge is 0.450 e. The Morgan fingerprint density at radius 2 is 1.86 bits per heavy atom. The van der Waals surface area contributed by atoms with E-state index in [1.165, 1.54) is 11.3 Å². The molecular formula is C18H25N5O4S. The van der Waals surface area contributed by atoms with Crippen LogP contribution in [0.1, 0.15) is 28.0 Å². The third kappa shape index (κ3) is 4.02. The van der Waals surface area contributed by atoms with Crippen LogP contribution >= 0.6 is 11.3 Å². The highest BCUT2D eigenvalue weighted by atomic mass is 32.1. The lowest BCUT2D eigenvalue weighted by Crippen LogP contribution is -2.50. The number of nitrogens with one attached hydrogen (secondary N) is 1. The van der Waals surface area contributed by atoms with Gasteiger partial charge in [-0.15, -0.1) is 11.3 Å². The number of aromatic nitrogens is 2. The number of carbonyl (C=O) groups excluding carboxylic acids is 2. The van der Waals surface area contributed by atoms with Crippen LogP contribution in [0.5, 0.6) is 0 Å². The summed E-state index contributed by atoms with van der Waals surface area (Å²) in [5, 5.41) is 0.473. The molecule has 0 spiro atoms. The first-order valence-corrected chi connectivity index (χ1v) is 10.0. The number of carbonyl (C=O) groups is 2. The predicted octanol–water partition coefficient (Wildman–Crippen LogP) is 1.27.